The highest BCUT2D eigenvalue weighted by Crippen LogP contribution is 2.09. The van der Waals surface area contributed by atoms with E-state index >= 15 is 0 Å². The Morgan fingerprint density at radius 2 is 2.00 bits per heavy atom. The van der Waals surface area contributed by atoms with Crippen molar-refractivity contribution in [2.45, 2.75) is 26.7 Å². The van der Waals surface area contributed by atoms with E-state index in [4.69, 9.17) is 4.74 Å². The molecular weight excluding hydrogens is 226 g/mol. The molecule has 0 aliphatic rings. The van der Waals surface area contributed by atoms with E-state index < -0.39 is 9.84 Å². The fourth-order valence-electron chi connectivity index (χ4n) is 1.42. The van der Waals surface area contributed by atoms with Crippen molar-refractivity contribution in [3.63, 3.8) is 0 Å². The van der Waals surface area contributed by atoms with E-state index in [0.29, 0.717) is 18.3 Å². The van der Waals surface area contributed by atoms with E-state index in [1.54, 1.807) is 14.0 Å². The maximum absolute atomic E-state index is 11.4. The van der Waals surface area contributed by atoms with Gasteiger partial charge in [0.15, 0.2) is 0 Å². The molecule has 1 N–H and O–H groups in total. The average molecular weight is 251 g/mol. The van der Waals surface area contributed by atoms with Crippen LogP contribution in [0.2, 0.25) is 0 Å². The first-order chi connectivity index (χ1) is 7.55. The van der Waals surface area contributed by atoms with E-state index in [1.165, 1.54) is 0 Å². The number of hydrogen-bond donors (Lipinski definition) is 1. The highest BCUT2D eigenvalue weighted by molar-refractivity contribution is 7.91. The number of rotatable bonds is 10. The summed E-state index contributed by atoms with van der Waals surface area (Å²) in [5.41, 5.74) is 0. The lowest BCUT2D eigenvalue weighted by Crippen LogP contribution is -2.27. The molecule has 0 saturated carbocycles. The third-order valence-corrected chi connectivity index (χ3v) is 4.51. The van der Waals surface area contributed by atoms with Gasteiger partial charge in [-0.1, -0.05) is 20.3 Å². The minimum atomic E-state index is -2.81. The van der Waals surface area contributed by atoms with Crippen LogP contribution < -0.4 is 5.32 Å². The summed E-state index contributed by atoms with van der Waals surface area (Å²) in [6.07, 6.45) is 1.77. The second kappa shape index (κ2) is 8.96. The summed E-state index contributed by atoms with van der Waals surface area (Å²) in [5, 5.41) is 3.27. The van der Waals surface area contributed by atoms with Gasteiger partial charge in [-0.05, 0) is 18.9 Å². The van der Waals surface area contributed by atoms with Gasteiger partial charge in [0.1, 0.15) is 9.84 Å². The van der Waals surface area contributed by atoms with Crippen LogP contribution in [0.15, 0.2) is 0 Å². The Morgan fingerprint density at radius 3 is 2.50 bits per heavy atom. The molecule has 5 heteroatoms. The SMILES string of the molecule is CCC(CCS(=O)(=O)CC)CNCCOC. The second-order valence-electron chi connectivity index (χ2n) is 4.00. The van der Waals surface area contributed by atoms with Gasteiger partial charge in [-0.3, -0.25) is 0 Å². The molecule has 1 unspecified atom stereocenters. The minimum Gasteiger partial charge on any atom is -0.383 e. The van der Waals surface area contributed by atoms with Crippen LogP contribution in [-0.4, -0.2) is 46.7 Å². The first-order valence-corrected chi connectivity index (χ1v) is 7.78. The predicted octanol–water partition coefficient (Wildman–Crippen LogP) is 1.07. The Bertz CT molecular complexity index is 252. The maximum Gasteiger partial charge on any atom is 0.150 e. The zero-order valence-corrected chi connectivity index (χ0v) is 11.5. The topological polar surface area (TPSA) is 55.4 Å². The highest BCUT2D eigenvalue weighted by atomic mass is 32.2. The van der Waals surface area contributed by atoms with Gasteiger partial charge in [0.05, 0.1) is 12.4 Å². The first kappa shape index (κ1) is 15.9. The quantitative estimate of drug-likeness (QED) is 0.590. The molecule has 0 aliphatic heterocycles. The van der Waals surface area contributed by atoms with Crippen LogP contribution in [0.5, 0.6) is 0 Å². The van der Waals surface area contributed by atoms with Gasteiger partial charge >= 0.3 is 0 Å². The van der Waals surface area contributed by atoms with Crippen LogP contribution >= 0.6 is 0 Å². The molecule has 0 aliphatic carbocycles. The maximum atomic E-state index is 11.4. The lowest BCUT2D eigenvalue weighted by Gasteiger charge is -2.15. The van der Waals surface area contributed by atoms with Crippen molar-refractivity contribution in [1.29, 1.82) is 0 Å². The largest absolute Gasteiger partial charge is 0.383 e. The van der Waals surface area contributed by atoms with Crippen LogP contribution in [0.1, 0.15) is 26.7 Å². The summed E-state index contributed by atoms with van der Waals surface area (Å²) in [4.78, 5) is 0. The minimum absolute atomic E-state index is 0.251. The van der Waals surface area contributed by atoms with Crippen LogP contribution in [0.4, 0.5) is 0 Å². The summed E-state index contributed by atoms with van der Waals surface area (Å²) in [6, 6.07) is 0. The number of methoxy groups -OCH3 is 1. The Hall–Kier alpha value is -0.130. The van der Waals surface area contributed by atoms with E-state index in [0.717, 1.165) is 25.9 Å². The Kier molecular flexibility index (Phi) is 8.89. The van der Waals surface area contributed by atoms with E-state index in [9.17, 15) is 8.42 Å². The van der Waals surface area contributed by atoms with Gasteiger partial charge in [0.25, 0.3) is 0 Å². The summed E-state index contributed by atoms with van der Waals surface area (Å²) in [7, 11) is -1.14. The Balaban J connectivity index is 3.75. The zero-order valence-electron chi connectivity index (χ0n) is 10.7. The van der Waals surface area contributed by atoms with Gasteiger partial charge in [0.2, 0.25) is 0 Å². The first-order valence-electron chi connectivity index (χ1n) is 5.95. The van der Waals surface area contributed by atoms with Crippen molar-refractivity contribution in [1.82, 2.24) is 5.32 Å². The van der Waals surface area contributed by atoms with Crippen LogP contribution in [0, 0.1) is 5.92 Å². The van der Waals surface area contributed by atoms with Crippen molar-refractivity contribution in [3.05, 3.63) is 0 Å². The molecule has 0 aromatic rings. The molecule has 0 spiro atoms. The smallest absolute Gasteiger partial charge is 0.150 e. The van der Waals surface area contributed by atoms with Crippen LogP contribution in [0.25, 0.3) is 0 Å². The molecule has 1 atom stereocenters. The summed E-state index contributed by atoms with van der Waals surface area (Å²) in [6.45, 7) is 6.20. The fraction of sp³-hybridized carbons (Fsp3) is 1.00. The van der Waals surface area contributed by atoms with Gasteiger partial charge < -0.3 is 10.1 Å². The molecule has 0 saturated heterocycles. The third kappa shape index (κ3) is 8.07. The molecule has 0 aromatic carbocycles. The van der Waals surface area contributed by atoms with Crippen LogP contribution in [0.3, 0.4) is 0 Å². The molecule has 0 amide bonds. The highest BCUT2D eigenvalue weighted by Gasteiger charge is 2.12. The molecule has 4 nitrogen and oxygen atoms in total. The van der Waals surface area contributed by atoms with Crippen molar-refractivity contribution in [2.75, 3.05) is 38.3 Å². The summed E-state index contributed by atoms with van der Waals surface area (Å²) in [5.74, 6) is 1.01. The van der Waals surface area contributed by atoms with E-state index in [-0.39, 0.29) is 5.75 Å². The van der Waals surface area contributed by atoms with Gasteiger partial charge in [-0.25, -0.2) is 8.42 Å². The third-order valence-electron chi connectivity index (χ3n) is 2.77. The summed E-state index contributed by atoms with van der Waals surface area (Å²) < 4.78 is 27.6. The normalized spacial score (nSPS) is 13.9. The van der Waals surface area contributed by atoms with Gasteiger partial charge in [-0.15, -0.1) is 0 Å². The number of ether oxygens (including phenoxy) is 1. The standard InChI is InChI=1S/C11H25NO3S/c1-4-11(10-12-7-8-15-3)6-9-16(13,14)5-2/h11-12H,4-10H2,1-3H3. The molecular formula is C11H25NO3S. The molecule has 0 radical (unpaired) electrons. The van der Waals surface area contributed by atoms with E-state index in [1.807, 2.05) is 0 Å². The molecule has 0 rings (SSSR count). The van der Waals surface area contributed by atoms with Gasteiger partial charge in [-0.2, -0.15) is 0 Å². The van der Waals surface area contributed by atoms with Crippen LogP contribution in [-0.2, 0) is 14.6 Å². The molecule has 0 aromatic heterocycles. The molecule has 0 fully saturated rings. The number of nitrogens with one attached hydrogen (secondary N) is 1. The average Bonchev–Trinajstić information content (AvgIpc) is 2.28. The second-order valence-corrected chi connectivity index (χ2v) is 6.47. The monoisotopic (exact) mass is 251 g/mol. The molecule has 16 heavy (non-hydrogen) atoms. The van der Waals surface area contributed by atoms with Crippen molar-refractivity contribution in [3.8, 4) is 0 Å². The van der Waals surface area contributed by atoms with Crippen molar-refractivity contribution < 1.29 is 13.2 Å². The lowest BCUT2D eigenvalue weighted by atomic mass is 10.0. The number of hydrogen-bond acceptors (Lipinski definition) is 4. The lowest BCUT2D eigenvalue weighted by molar-refractivity contribution is 0.197. The zero-order chi connectivity index (χ0) is 12.4. The molecule has 98 valence electrons. The molecule has 0 heterocycles. The van der Waals surface area contributed by atoms with Gasteiger partial charge in [0, 0.05) is 19.4 Å². The fourth-order valence-corrected chi connectivity index (χ4v) is 2.40. The molecule has 0 bridgehead atoms. The van der Waals surface area contributed by atoms with Crippen molar-refractivity contribution >= 4 is 9.84 Å². The Labute approximate surface area is 99.7 Å². The van der Waals surface area contributed by atoms with E-state index in [2.05, 4.69) is 12.2 Å². The Morgan fingerprint density at radius 1 is 1.31 bits per heavy atom. The summed E-state index contributed by atoms with van der Waals surface area (Å²) >= 11 is 0. The van der Waals surface area contributed by atoms with Crippen molar-refractivity contribution in [2.24, 2.45) is 5.92 Å². The predicted molar refractivity (Wildman–Crippen MR) is 67.5 cm³/mol. The number of sulfone groups is 1.